The number of halogens is 1. The van der Waals surface area contributed by atoms with Gasteiger partial charge < -0.3 is 9.84 Å². The highest BCUT2D eigenvalue weighted by Crippen LogP contribution is 2.35. The first kappa shape index (κ1) is 19.8. The van der Waals surface area contributed by atoms with E-state index in [-0.39, 0.29) is 21.2 Å². The van der Waals surface area contributed by atoms with Gasteiger partial charge in [-0.05, 0) is 31.0 Å². The summed E-state index contributed by atoms with van der Waals surface area (Å²) in [5, 5.41) is 6.73. The highest BCUT2D eigenvalue weighted by molar-refractivity contribution is 7.89. The van der Waals surface area contributed by atoms with Crippen LogP contribution < -0.4 is 5.32 Å². The van der Waals surface area contributed by atoms with E-state index in [4.69, 9.17) is 16.1 Å². The second kappa shape index (κ2) is 7.21. The maximum atomic E-state index is 13.0. The minimum absolute atomic E-state index is 0.0978. The molecule has 1 aromatic carbocycles. The van der Waals surface area contributed by atoms with E-state index in [1.165, 1.54) is 29.4 Å². The zero-order valence-corrected chi connectivity index (χ0v) is 16.9. The first-order valence-corrected chi connectivity index (χ1v) is 10.3. The predicted octanol–water partition coefficient (Wildman–Crippen LogP) is 2.73. The van der Waals surface area contributed by atoms with Crippen molar-refractivity contribution in [2.45, 2.75) is 43.9 Å². The topological polar surface area (TPSA) is 105 Å². The molecule has 0 saturated carbocycles. The van der Waals surface area contributed by atoms with Crippen LogP contribution >= 0.6 is 11.6 Å². The standard InChI is InChI=1S/C17H21ClN4O4S/c1-11(23)19-15-5-4-13(10-14(15)18)27(24,25)22-8-6-17(3,7-9-22)16-20-12(2)26-21-16/h4-5,10H,6-9H2,1-3H3,(H,19,23). The van der Waals surface area contributed by atoms with E-state index in [1.807, 2.05) is 6.92 Å². The predicted molar refractivity (Wildman–Crippen MR) is 100 cm³/mol. The summed E-state index contributed by atoms with van der Waals surface area (Å²) in [7, 11) is -3.68. The van der Waals surface area contributed by atoms with E-state index in [0.717, 1.165) is 0 Å². The smallest absolute Gasteiger partial charge is 0.243 e. The molecule has 1 amide bonds. The second-order valence-corrected chi connectivity index (χ2v) is 9.27. The van der Waals surface area contributed by atoms with E-state index in [0.29, 0.717) is 43.3 Å². The number of hydrogen-bond acceptors (Lipinski definition) is 6. The minimum atomic E-state index is -3.68. The van der Waals surface area contributed by atoms with E-state index in [2.05, 4.69) is 15.5 Å². The number of nitrogens with zero attached hydrogens (tertiary/aromatic N) is 3. The molecule has 10 heteroatoms. The average molecular weight is 413 g/mol. The third-order valence-electron chi connectivity index (χ3n) is 4.78. The first-order chi connectivity index (χ1) is 12.6. The van der Waals surface area contributed by atoms with Crippen LogP contribution in [0.25, 0.3) is 0 Å². The molecule has 0 atom stereocenters. The first-order valence-electron chi connectivity index (χ1n) is 8.50. The fourth-order valence-electron chi connectivity index (χ4n) is 3.08. The quantitative estimate of drug-likeness (QED) is 0.827. The molecule has 1 saturated heterocycles. The number of carbonyl (C=O) groups is 1. The van der Waals surface area contributed by atoms with Crippen molar-refractivity contribution in [1.82, 2.24) is 14.4 Å². The van der Waals surface area contributed by atoms with Crippen LogP contribution in [0.5, 0.6) is 0 Å². The van der Waals surface area contributed by atoms with Gasteiger partial charge in [0.25, 0.3) is 0 Å². The van der Waals surface area contributed by atoms with Gasteiger partial charge in [-0.25, -0.2) is 8.42 Å². The van der Waals surface area contributed by atoms with Gasteiger partial charge in [0.2, 0.25) is 21.8 Å². The molecule has 0 spiro atoms. The fraction of sp³-hybridized carbons (Fsp3) is 0.471. The van der Waals surface area contributed by atoms with Gasteiger partial charge in [-0.1, -0.05) is 23.7 Å². The molecule has 2 heterocycles. The molecule has 3 rings (SSSR count). The van der Waals surface area contributed by atoms with Crippen LogP contribution in [0.2, 0.25) is 5.02 Å². The monoisotopic (exact) mass is 412 g/mol. The summed E-state index contributed by atoms with van der Waals surface area (Å²) in [6, 6.07) is 4.30. The summed E-state index contributed by atoms with van der Waals surface area (Å²) >= 11 is 6.12. The number of piperidine rings is 1. The molecular formula is C17H21ClN4O4S. The number of aryl methyl sites for hydroxylation is 1. The molecule has 0 aliphatic carbocycles. The largest absolute Gasteiger partial charge is 0.340 e. The summed E-state index contributed by atoms with van der Waals surface area (Å²) in [6.45, 7) is 5.79. The number of rotatable bonds is 4. The third-order valence-corrected chi connectivity index (χ3v) is 6.99. The lowest BCUT2D eigenvalue weighted by Crippen LogP contribution is -2.44. The minimum Gasteiger partial charge on any atom is -0.340 e. The van der Waals surface area contributed by atoms with Crippen molar-refractivity contribution in [2.24, 2.45) is 0 Å². The number of carbonyl (C=O) groups excluding carboxylic acids is 1. The van der Waals surface area contributed by atoms with Crippen molar-refractivity contribution in [3.63, 3.8) is 0 Å². The Labute approximate surface area is 162 Å². The maximum absolute atomic E-state index is 13.0. The Morgan fingerprint density at radius 3 is 2.52 bits per heavy atom. The summed E-state index contributed by atoms with van der Waals surface area (Å²) in [5.41, 5.74) is 0.0539. The van der Waals surface area contributed by atoms with Gasteiger partial charge >= 0.3 is 0 Å². The Balaban J connectivity index is 1.77. The lowest BCUT2D eigenvalue weighted by Gasteiger charge is -2.36. The molecule has 8 nitrogen and oxygen atoms in total. The molecule has 0 radical (unpaired) electrons. The lowest BCUT2D eigenvalue weighted by atomic mass is 9.80. The zero-order valence-electron chi connectivity index (χ0n) is 15.3. The SMILES string of the molecule is CC(=O)Nc1ccc(S(=O)(=O)N2CCC(C)(c3noc(C)n3)CC2)cc1Cl. The Morgan fingerprint density at radius 2 is 2.00 bits per heavy atom. The maximum Gasteiger partial charge on any atom is 0.243 e. The van der Waals surface area contributed by atoms with Crippen LogP contribution in [0.1, 0.15) is 38.4 Å². The van der Waals surface area contributed by atoms with Crippen LogP contribution in [0.4, 0.5) is 5.69 Å². The number of aromatic nitrogens is 2. The van der Waals surface area contributed by atoms with Crippen molar-refractivity contribution in [1.29, 1.82) is 0 Å². The number of sulfonamides is 1. The van der Waals surface area contributed by atoms with Gasteiger partial charge in [0.1, 0.15) is 0 Å². The van der Waals surface area contributed by atoms with Gasteiger partial charge in [0.05, 0.1) is 15.6 Å². The van der Waals surface area contributed by atoms with Gasteiger partial charge in [0, 0.05) is 32.4 Å². The van der Waals surface area contributed by atoms with Crippen LogP contribution in [0, 0.1) is 6.92 Å². The average Bonchev–Trinajstić information content (AvgIpc) is 3.04. The van der Waals surface area contributed by atoms with Crippen molar-refractivity contribution in [2.75, 3.05) is 18.4 Å². The Hall–Kier alpha value is -1.97. The summed E-state index contributed by atoms with van der Waals surface area (Å²) in [5.74, 6) is 0.828. The van der Waals surface area contributed by atoms with E-state index < -0.39 is 10.0 Å². The van der Waals surface area contributed by atoms with Crippen LogP contribution in [0.15, 0.2) is 27.6 Å². The zero-order chi connectivity index (χ0) is 19.8. The molecule has 27 heavy (non-hydrogen) atoms. The van der Waals surface area contributed by atoms with Crippen LogP contribution in [-0.4, -0.2) is 41.9 Å². The second-order valence-electron chi connectivity index (χ2n) is 6.92. The lowest BCUT2D eigenvalue weighted by molar-refractivity contribution is -0.114. The molecule has 1 aliphatic heterocycles. The molecule has 1 aromatic heterocycles. The van der Waals surface area contributed by atoms with Crippen LogP contribution in [-0.2, 0) is 20.2 Å². The molecule has 0 unspecified atom stereocenters. The Morgan fingerprint density at radius 1 is 1.33 bits per heavy atom. The molecule has 1 fully saturated rings. The number of benzene rings is 1. The van der Waals surface area contributed by atoms with Crippen molar-refractivity contribution in [3.05, 3.63) is 34.9 Å². The number of amides is 1. The van der Waals surface area contributed by atoms with Gasteiger partial charge in [-0.3, -0.25) is 4.79 Å². The van der Waals surface area contributed by atoms with E-state index in [1.54, 1.807) is 6.92 Å². The van der Waals surface area contributed by atoms with E-state index in [9.17, 15) is 13.2 Å². The van der Waals surface area contributed by atoms with Gasteiger partial charge in [-0.15, -0.1) is 0 Å². The highest BCUT2D eigenvalue weighted by Gasteiger charge is 2.39. The molecule has 146 valence electrons. The summed E-state index contributed by atoms with van der Waals surface area (Å²) in [4.78, 5) is 15.6. The summed E-state index contributed by atoms with van der Waals surface area (Å²) in [6.07, 6.45) is 1.17. The number of hydrogen-bond donors (Lipinski definition) is 1. The van der Waals surface area contributed by atoms with Gasteiger partial charge in [-0.2, -0.15) is 9.29 Å². The molecule has 2 aromatic rings. The van der Waals surface area contributed by atoms with Crippen LogP contribution in [0.3, 0.4) is 0 Å². The fourth-order valence-corrected chi connectivity index (χ4v) is 4.85. The number of nitrogens with one attached hydrogen (secondary N) is 1. The third kappa shape index (κ3) is 3.99. The Kier molecular flexibility index (Phi) is 5.29. The van der Waals surface area contributed by atoms with Crippen molar-refractivity contribution < 1.29 is 17.7 Å². The molecule has 0 bridgehead atoms. The Bertz CT molecular complexity index is 965. The number of anilines is 1. The highest BCUT2D eigenvalue weighted by atomic mass is 35.5. The molecule has 1 aliphatic rings. The van der Waals surface area contributed by atoms with Crippen molar-refractivity contribution >= 4 is 33.2 Å². The molecule has 1 N–H and O–H groups in total. The molecular weight excluding hydrogens is 392 g/mol. The van der Waals surface area contributed by atoms with Gasteiger partial charge in [0.15, 0.2) is 5.82 Å². The van der Waals surface area contributed by atoms with E-state index >= 15 is 0 Å². The summed E-state index contributed by atoms with van der Waals surface area (Å²) < 4.78 is 32.4. The van der Waals surface area contributed by atoms with Crippen molar-refractivity contribution in [3.8, 4) is 0 Å². The normalized spacial score (nSPS) is 17.6.